The van der Waals surface area contributed by atoms with Gasteiger partial charge in [0, 0.05) is 18.2 Å². The highest BCUT2D eigenvalue weighted by Gasteiger charge is 2.13. The minimum absolute atomic E-state index is 0.763. The van der Waals surface area contributed by atoms with Crippen LogP contribution in [0.25, 0.3) is 11.3 Å². The fourth-order valence-corrected chi connectivity index (χ4v) is 1.95. The molecule has 0 radical (unpaired) electrons. The van der Waals surface area contributed by atoms with Crippen LogP contribution in [0.3, 0.4) is 0 Å². The van der Waals surface area contributed by atoms with Gasteiger partial charge in [0.25, 0.3) is 0 Å². The molecular weight excluding hydrogens is 198 g/mol. The lowest BCUT2D eigenvalue weighted by Crippen LogP contribution is -1.98. The van der Waals surface area contributed by atoms with Gasteiger partial charge in [0.2, 0.25) is 0 Å². The van der Waals surface area contributed by atoms with Crippen LogP contribution in [0.1, 0.15) is 18.1 Å². The second kappa shape index (κ2) is 4.00. The lowest BCUT2D eigenvalue weighted by molar-refractivity contribution is 0.781. The first-order chi connectivity index (χ1) is 7.63. The van der Waals surface area contributed by atoms with Crippen molar-refractivity contribution in [3.8, 4) is 11.3 Å². The van der Waals surface area contributed by atoms with Gasteiger partial charge in [0.15, 0.2) is 0 Å². The zero-order valence-electron chi connectivity index (χ0n) is 9.99. The molecule has 2 N–H and O–H groups in total. The van der Waals surface area contributed by atoms with E-state index in [-0.39, 0.29) is 0 Å². The third-order valence-corrected chi connectivity index (χ3v) is 2.84. The summed E-state index contributed by atoms with van der Waals surface area (Å²) in [4.78, 5) is 0. The zero-order chi connectivity index (χ0) is 11.7. The number of nitrogens with two attached hydrogens (primary N) is 1. The number of benzene rings is 1. The predicted octanol–water partition coefficient (Wildman–Crippen LogP) is 2.54. The Labute approximate surface area is 95.9 Å². The second-order valence-corrected chi connectivity index (χ2v) is 4.06. The zero-order valence-corrected chi connectivity index (χ0v) is 9.99. The van der Waals surface area contributed by atoms with E-state index in [4.69, 9.17) is 5.73 Å². The molecule has 0 saturated heterocycles. The molecule has 0 amide bonds. The van der Waals surface area contributed by atoms with Crippen molar-refractivity contribution in [3.63, 3.8) is 0 Å². The molecule has 0 saturated carbocycles. The molecule has 0 unspecified atom stereocenters. The number of anilines is 1. The van der Waals surface area contributed by atoms with Crippen LogP contribution in [0.15, 0.2) is 24.3 Å². The van der Waals surface area contributed by atoms with E-state index >= 15 is 0 Å². The van der Waals surface area contributed by atoms with Crippen molar-refractivity contribution in [1.29, 1.82) is 0 Å². The molecule has 2 aromatic rings. The Balaban J connectivity index is 2.60. The van der Waals surface area contributed by atoms with Crippen LogP contribution in [-0.4, -0.2) is 9.78 Å². The molecule has 0 aliphatic carbocycles. The number of hydrogen-bond acceptors (Lipinski definition) is 2. The summed E-state index contributed by atoms with van der Waals surface area (Å²) in [5.41, 5.74) is 10.5. The van der Waals surface area contributed by atoms with E-state index < -0.39 is 0 Å². The Morgan fingerprint density at radius 2 is 2.12 bits per heavy atom. The minimum Gasteiger partial charge on any atom is -0.384 e. The highest BCUT2D eigenvalue weighted by Crippen LogP contribution is 2.27. The molecule has 1 aromatic carbocycles. The molecule has 3 nitrogen and oxygen atoms in total. The van der Waals surface area contributed by atoms with E-state index in [2.05, 4.69) is 43.2 Å². The van der Waals surface area contributed by atoms with Gasteiger partial charge in [-0.2, -0.15) is 5.10 Å². The Morgan fingerprint density at radius 3 is 2.75 bits per heavy atom. The van der Waals surface area contributed by atoms with Gasteiger partial charge in [-0.05, 0) is 19.4 Å². The molecule has 2 rings (SSSR count). The highest BCUT2D eigenvalue weighted by molar-refractivity contribution is 5.68. The third-order valence-electron chi connectivity index (χ3n) is 2.84. The SMILES string of the molecule is CCc1c(-c2cccc(C)c2)nn(C)c1N. The van der Waals surface area contributed by atoms with Crippen LogP contribution in [-0.2, 0) is 13.5 Å². The average Bonchev–Trinajstić information content (AvgIpc) is 2.55. The molecule has 0 bridgehead atoms. The molecular formula is C13H17N3. The smallest absolute Gasteiger partial charge is 0.125 e. The number of rotatable bonds is 2. The maximum Gasteiger partial charge on any atom is 0.125 e. The van der Waals surface area contributed by atoms with Gasteiger partial charge in [-0.15, -0.1) is 0 Å². The number of hydrogen-bond donors (Lipinski definition) is 1. The molecule has 1 heterocycles. The lowest BCUT2D eigenvalue weighted by Gasteiger charge is -2.01. The van der Waals surface area contributed by atoms with Crippen molar-refractivity contribution >= 4 is 5.82 Å². The van der Waals surface area contributed by atoms with E-state index in [0.29, 0.717) is 0 Å². The van der Waals surface area contributed by atoms with Gasteiger partial charge in [-0.1, -0.05) is 30.7 Å². The van der Waals surface area contributed by atoms with Gasteiger partial charge in [-0.25, -0.2) is 0 Å². The van der Waals surface area contributed by atoms with E-state index in [1.54, 1.807) is 4.68 Å². The summed E-state index contributed by atoms with van der Waals surface area (Å²) in [6, 6.07) is 8.35. The van der Waals surface area contributed by atoms with Gasteiger partial charge in [0.05, 0.1) is 5.69 Å². The van der Waals surface area contributed by atoms with Crippen molar-refractivity contribution in [3.05, 3.63) is 35.4 Å². The molecule has 16 heavy (non-hydrogen) atoms. The molecule has 0 fully saturated rings. The largest absolute Gasteiger partial charge is 0.384 e. The van der Waals surface area contributed by atoms with E-state index in [1.807, 2.05) is 7.05 Å². The van der Waals surface area contributed by atoms with Crippen LogP contribution in [0.5, 0.6) is 0 Å². The summed E-state index contributed by atoms with van der Waals surface area (Å²) in [6.07, 6.45) is 0.906. The summed E-state index contributed by atoms with van der Waals surface area (Å²) < 4.78 is 1.75. The first-order valence-electron chi connectivity index (χ1n) is 5.52. The van der Waals surface area contributed by atoms with E-state index in [1.165, 1.54) is 5.56 Å². The lowest BCUT2D eigenvalue weighted by atomic mass is 10.0. The Morgan fingerprint density at radius 1 is 1.38 bits per heavy atom. The maximum absolute atomic E-state index is 5.99. The molecule has 84 valence electrons. The fourth-order valence-electron chi connectivity index (χ4n) is 1.95. The van der Waals surface area contributed by atoms with E-state index in [9.17, 15) is 0 Å². The summed E-state index contributed by atoms with van der Waals surface area (Å²) in [6.45, 7) is 4.19. The van der Waals surface area contributed by atoms with Crippen molar-refractivity contribution in [2.45, 2.75) is 20.3 Å². The monoisotopic (exact) mass is 215 g/mol. The molecule has 0 aliphatic heterocycles. The van der Waals surface area contributed by atoms with Crippen molar-refractivity contribution in [2.24, 2.45) is 7.05 Å². The highest BCUT2D eigenvalue weighted by atomic mass is 15.3. The number of nitrogens with zero attached hydrogens (tertiary/aromatic N) is 2. The van der Waals surface area contributed by atoms with Crippen LogP contribution in [0, 0.1) is 6.92 Å². The Kier molecular flexibility index (Phi) is 2.69. The summed E-state index contributed by atoms with van der Waals surface area (Å²) in [7, 11) is 1.88. The maximum atomic E-state index is 5.99. The van der Waals surface area contributed by atoms with Crippen molar-refractivity contribution < 1.29 is 0 Å². The third kappa shape index (κ3) is 1.69. The molecule has 1 aromatic heterocycles. The van der Waals surface area contributed by atoms with Crippen LogP contribution in [0.4, 0.5) is 5.82 Å². The van der Waals surface area contributed by atoms with Crippen LogP contribution < -0.4 is 5.73 Å². The van der Waals surface area contributed by atoms with Gasteiger partial charge in [0.1, 0.15) is 5.82 Å². The van der Waals surface area contributed by atoms with Gasteiger partial charge < -0.3 is 5.73 Å². The molecule has 0 aliphatic rings. The topological polar surface area (TPSA) is 43.8 Å². The van der Waals surface area contributed by atoms with Crippen molar-refractivity contribution in [2.75, 3.05) is 5.73 Å². The quantitative estimate of drug-likeness (QED) is 0.836. The second-order valence-electron chi connectivity index (χ2n) is 4.06. The summed E-state index contributed by atoms with van der Waals surface area (Å²) >= 11 is 0. The Hall–Kier alpha value is -1.77. The normalized spacial score (nSPS) is 10.7. The van der Waals surface area contributed by atoms with Crippen LogP contribution >= 0.6 is 0 Å². The predicted molar refractivity (Wildman–Crippen MR) is 67.2 cm³/mol. The molecule has 0 atom stereocenters. The number of nitrogen functional groups attached to an aromatic ring is 1. The standard InChI is InChI=1S/C13H17N3/c1-4-11-12(15-16(3)13(11)14)10-7-5-6-9(2)8-10/h5-8H,4,14H2,1-3H3. The summed E-state index contributed by atoms with van der Waals surface area (Å²) in [5.74, 6) is 0.763. The van der Waals surface area contributed by atoms with Gasteiger partial charge in [-0.3, -0.25) is 4.68 Å². The number of aromatic nitrogens is 2. The minimum atomic E-state index is 0.763. The fraction of sp³-hybridized carbons (Fsp3) is 0.308. The first-order valence-corrected chi connectivity index (χ1v) is 5.52. The van der Waals surface area contributed by atoms with Crippen molar-refractivity contribution in [1.82, 2.24) is 9.78 Å². The number of aryl methyl sites for hydroxylation is 2. The van der Waals surface area contributed by atoms with Crippen LogP contribution in [0.2, 0.25) is 0 Å². The summed E-state index contributed by atoms with van der Waals surface area (Å²) in [5, 5.41) is 4.48. The van der Waals surface area contributed by atoms with E-state index in [0.717, 1.165) is 29.1 Å². The molecule has 3 heteroatoms. The Bertz CT molecular complexity index is 512. The average molecular weight is 215 g/mol. The van der Waals surface area contributed by atoms with Gasteiger partial charge >= 0.3 is 0 Å². The first kappa shape index (κ1) is 10.7. The molecule has 0 spiro atoms.